The maximum atomic E-state index is 11.2. The second-order valence-corrected chi connectivity index (χ2v) is 6.73. The second kappa shape index (κ2) is 8.31. The Morgan fingerprint density at radius 3 is 2.92 bits per heavy atom. The molecule has 1 aliphatic rings. The molecule has 0 spiro atoms. The van der Waals surface area contributed by atoms with E-state index in [9.17, 15) is 4.79 Å². The summed E-state index contributed by atoms with van der Waals surface area (Å²) in [4.78, 5) is 13.6. The van der Waals surface area contributed by atoms with Crippen molar-refractivity contribution in [1.82, 2.24) is 20.4 Å². The van der Waals surface area contributed by atoms with Gasteiger partial charge in [-0.3, -0.25) is 9.89 Å². The van der Waals surface area contributed by atoms with Gasteiger partial charge in [0, 0.05) is 18.0 Å². The molecular formula is C18H27N5O2. The molecule has 0 atom stereocenters. The number of amides is 1. The Labute approximate surface area is 147 Å². The molecule has 3 heterocycles. The summed E-state index contributed by atoms with van der Waals surface area (Å²) in [6.07, 6.45) is 4.70. The number of primary amides is 1. The Morgan fingerprint density at radius 1 is 1.44 bits per heavy atom. The van der Waals surface area contributed by atoms with Gasteiger partial charge in [-0.1, -0.05) is 0 Å². The standard InChI is InChI=1S/C18H27N5O2/c1-13-3-4-16(25-13)17-15(12-21-22-17)11-20-7-2-8-23-9-5-14(6-10-23)18(19)24/h3-4,12,14,20H,2,5-11H2,1H3,(H2,19,24)(H,21,22). The van der Waals surface area contributed by atoms with Crippen LogP contribution < -0.4 is 11.1 Å². The zero-order valence-electron chi connectivity index (χ0n) is 14.8. The second-order valence-electron chi connectivity index (χ2n) is 6.73. The van der Waals surface area contributed by atoms with Crippen LogP contribution in [0.15, 0.2) is 22.7 Å². The number of piperidine rings is 1. The van der Waals surface area contributed by atoms with Gasteiger partial charge >= 0.3 is 0 Å². The van der Waals surface area contributed by atoms with E-state index < -0.39 is 0 Å². The van der Waals surface area contributed by atoms with Crippen LogP contribution in [-0.4, -0.2) is 47.2 Å². The highest BCUT2D eigenvalue weighted by Gasteiger charge is 2.22. The molecule has 136 valence electrons. The van der Waals surface area contributed by atoms with E-state index in [1.54, 1.807) is 0 Å². The van der Waals surface area contributed by atoms with Gasteiger partial charge in [-0.15, -0.1) is 0 Å². The Bertz CT molecular complexity index is 685. The molecule has 7 heteroatoms. The number of aromatic amines is 1. The molecule has 7 nitrogen and oxygen atoms in total. The Balaban J connectivity index is 1.36. The van der Waals surface area contributed by atoms with E-state index in [0.717, 1.165) is 74.8 Å². The maximum absolute atomic E-state index is 11.2. The number of rotatable bonds is 8. The number of furan rings is 1. The summed E-state index contributed by atoms with van der Waals surface area (Å²) >= 11 is 0. The van der Waals surface area contributed by atoms with Crippen molar-refractivity contribution >= 4 is 5.91 Å². The van der Waals surface area contributed by atoms with E-state index in [2.05, 4.69) is 20.4 Å². The van der Waals surface area contributed by atoms with Crippen LogP contribution in [-0.2, 0) is 11.3 Å². The smallest absolute Gasteiger partial charge is 0.220 e. The number of hydrogen-bond donors (Lipinski definition) is 3. The summed E-state index contributed by atoms with van der Waals surface area (Å²) < 4.78 is 5.66. The minimum atomic E-state index is -0.149. The molecule has 4 N–H and O–H groups in total. The number of hydrogen-bond acceptors (Lipinski definition) is 5. The summed E-state index contributed by atoms with van der Waals surface area (Å²) in [5.41, 5.74) is 7.42. The molecule has 0 aromatic carbocycles. The fourth-order valence-electron chi connectivity index (χ4n) is 3.32. The number of nitrogens with one attached hydrogen (secondary N) is 2. The molecule has 0 saturated carbocycles. The lowest BCUT2D eigenvalue weighted by atomic mass is 9.96. The van der Waals surface area contributed by atoms with Crippen molar-refractivity contribution in [1.29, 1.82) is 0 Å². The average molecular weight is 345 g/mol. The Morgan fingerprint density at radius 2 is 2.24 bits per heavy atom. The fraction of sp³-hybridized carbons (Fsp3) is 0.556. The first-order valence-electron chi connectivity index (χ1n) is 8.95. The monoisotopic (exact) mass is 345 g/mol. The van der Waals surface area contributed by atoms with Crippen molar-refractivity contribution in [2.45, 2.75) is 32.7 Å². The molecule has 1 saturated heterocycles. The first-order chi connectivity index (χ1) is 12.1. The third-order valence-electron chi connectivity index (χ3n) is 4.84. The summed E-state index contributed by atoms with van der Waals surface area (Å²) in [5.74, 6) is 1.64. The van der Waals surface area contributed by atoms with Gasteiger partial charge in [-0.2, -0.15) is 5.10 Å². The van der Waals surface area contributed by atoms with Crippen LogP contribution in [0, 0.1) is 12.8 Å². The molecule has 0 bridgehead atoms. The molecule has 0 radical (unpaired) electrons. The summed E-state index contributed by atoms with van der Waals surface area (Å²) in [6, 6.07) is 3.91. The quantitative estimate of drug-likeness (QED) is 0.632. The van der Waals surface area contributed by atoms with Crippen molar-refractivity contribution < 1.29 is 9.21 Å². The van der Waals surface area contributed by atoms with E-state index in [1.807, 2.05) is 25.3 Å². The van der Waals surface area contributed by atoms with Crippen molar-refractivity contribution in [2.75, 3.05) is 26.2 Å². The third-order valence-corrected chi connectivity index (χ3v) is 4.84. The molecule has 1 fully saturated rings. The largest absolute Gasteiger partial charge is 0.460 e. The van der Waals surface area contributed by atoms with E-state index in [1.165, 1.54) is 0 Å². The SMILES string of the molecule is Cc1ccc(-c2[nH]ncc2CNCCCN2CCC(C(N)=O)CC2)o1. The van der Waals surface area contributed by atoms with Crippen LogP contribution in [0.2, 0.25) is 0 Å². The first-order valence-corrected chi connectivity index (χ1v) is 8.95. The normalized spacial score (nSPS) is 16.4. The number of carbonyl (C=O) groups is 1. The topological polar surface area (TPSA) is 100 Å². The lowest BCUT2D eigenvalue weighted by molar-refractivity contribution is -0.123. The number of aryl methyl sites for hydroxylation is 1. The molecular weight excluding hydrogens is 318 g/mol. The number of carbonyl (C=O) groups excluding carboxylic acids is 1. The molecule has 3 rings (SSSR count). The van der Waals surface area contributed by atoms with Crippen molar-refractivity contribution in [3.8, 4) is 11.5 Å². The van der Waals surface area contributed by atoms with Crippen LogP contribution in [0.25, 0.3) is 11.5 Å². The van der Waals surface area contributed by atoms with E-state index in [0.29, 0.717) is 0 Å². The molecule has 2 aromatic rings. The number of likely N-dealkylation sites (tertiary alicyclic amines) is 1. The maximum Gasteiger partial charge on any atom is 0.220 e. The number of nitrogens with zero attached hydrogens (tertiary/aromatic N) is 2. The molecule has 25 heavy (non-hydrogen) atoms. The van der Waals surface area contributed by atoms with Gasteiger partial charge in [-0.05, 0) is 64.5 Å². The van der Waals surface area contributed by atoms with Crippen LogP contribution in [0.5, 0.6) is 0 Å². The molecule has 0 aliphatic carbocycles. The minimum absolute atomic E-state index is 0.0686. The predicted molar refractivity (Wildman–Crippen MR) is 95.7 cm³/mol. The van der Waals surface area contributed by atoms with Crippen molar-refractivity contribution in [2.24, 2.45) is 11.7 Å². The van der Waals surface area contributed by atoms with Crippen LogP contribution in [0.4, 0.5) is 0 Å². The van der Waals surface area contributed by atoms with Gasteiger partial charge in [-0.25, -0.2) is 0 Å². The van der Waals surface area contributed by atoms with E-state index in [-0.39, 0.29) is 11.8 Å². The highest BCUT2D eigenvalue weighted by Crippen LogP contribution is 2.23. The van der Waals surface area contributed by atoms with Crippen LogP contribution in [0.1, 0.15) is 30.6 Å². The lowest BCUT2D eigenvalue weighted by Crippen LogP contribution is -2.39. The fourth-order valence-corrected chi connectivity index (χ4v) is 3.32. The third kappa shape index (κ3) is 4.70. The Hall–Kier alpha value is -2.12. The van der Waals surface area contributed by atoms with Gasteiger partial charge in [0.25, 0.3) is 0 Å². The number of H-pyrrole nitrogens is 1. The average Bonchev–Trinajstić information content (AvgIpc) is 3.23. The van der Waals surface area contributed by atoms with E-state index in [4.69, 9.17) is 10.2 Å². The first kappa shape index (κ1) is 17.7. The summed E-state index contributed by atoms with van der Waals surface area (Å²) in [5, 5.41) is 10.6. The highest BCUT2D eigenvalue weighted by atomic mass is 16.3. The molecule has 0 unspecified atom stereocenters. The van der Waals surface area contributed by atoms with Crippen LogP contribution in [0.3, 0.4) is 0 Å². The van der Waals surface area contributed by atoms with Crippen LogP contribution >= 0.6 is 0 Å². The van der Waals surface area contributed by atoms with E-state index >= 15 is 0 Å². The van der Waals surface area contributed by atoms with Crippen molar-refractivity contribution in [3.63, 3.8) is 0 Å². The summed E-state index contributed by atoms with van der Waals surface area (Å²) in [7, 11) is 0. The highest BCUT2D eigenvalue weighted by molar-refractivity contribution is 5.76. The molecule has 1 amide bonds. The lowest BCUT2D eigenvalue weighted by Gasteiger charge is -2.30. The molecule has 1 aliphatic heterocycles. The zero-order valence-corrected chi connectivity index (χ0v) is 14.8. The number of aromatic nitrogens is 2. The zero-order chi connectivity index (χ0) is 17.6. The van der Waals surface area contributed by atoms with Gasteiger partial charge in [0.1, 0.15) is 11.5 Å². The van der Waals surface area contributed by atoms with Gasteiger partial charge in [0.2, 0.25) is 5.91 Å². The van der Waals surface area contributed by atoms with Crippen molar-refractivity contribution in [3.05, 3.63) is 29.7 Å². The van der Waals surface area contributed by atoms with Gasteiger partial charge < -0.3 is 20.4 Å². The minimum Gasteiger partial charge on any atom is -0.460 e. The predicted octanol–water partition coefficient (Wildman–Crippen LogP) is 1.66. The summed E-state index contributed by atoms with van der Waals surface area (Å²) in [6.45, 7) is 6.62. The number of nitrogens with two attached hydrogens (primary N) is 1. The van der Waals surface area contributed by atoms with Gasteiger partial charge in [0.05, 0.1) is 6.20 Å². The van der Waals surface area contributed by atoms with Gasteiger partial charge in [0.15, 0.2) is 5.76 Å². The molecule has 2 aromatic heterocycles. The Kier molecular flexibility index (Phi) is 5.88.